The number of benzene rings is 3. The summed E-state index contributed by atoms with van der Waals surface area (Å²) in [5.74, 6) is -1.59. The van der Waals surface area contributed by atoms with Crippen molar-refractivity contribution in [2.24, 2.45) is 5.92 Å². The van der Waals surface area contributed by atoms with Gasteiger partial charge < -0.3 is 15.1 Å². The minimum absolute atomic E-state index is 0.115. The number of hydrogen-bond donors (Lipinski definition) is 2. The summed E-state index contributed by atoms with van der Waals surface area (Å²) in [6.45, 7) is 1.61. The van der Waals surface area contributed by atoms with Crippen LogP contribution in [0.1, 0.15) is 57.5 Å². The number of amides is 2. The van der Waals surface area contributed by atoms with E-state index >= 15 is 4.39 Å². The van der Waals surface area contributed by atoms with E-state index in [2.05, 4.69) is 10.6 Å². The van der Waals surface area contributed by atoms with Crippen LogP contribution in [-0.2, 0) is 6.42 Å². The molecule has 0 aliphatic heterocycles. The number of rotatable bonds is 7. The summed E-state index contributed by atoms with van der Waals surface area (Å²) in [6, 6.07) is 10.8. The molecular formula is C32H27F5N2O3. The lowest BCUT2D eigenvalue weighted by Crippen LogP contribution is -2.68. The zero-order valence-corrected chi connectivity index (χ0v) is 22.8. The number of furan rings is 1. The molecule has 2 N–H and O–H groups in total. The number of nitrogens with one attached hydrogen (secondary N) is 2. The van der Waals surface area contributed by atoms with E-state index in [4.69, 9.17) is 4.42 Å². The monoisotopic (exact) mass is 582 g/mol. The smallest absolute Gasteiger partial charge is 0.389 e. The lowest BCUT2D eigenvalue weighted by molar-refractivity contribution is -0.133. The Bertz CT molecular complexity index is 1720. The van der Waals surface area contributed by atoms with Crippen LogP contribution in [0.2, 0.25) is 0 Å². The molecule has 1 heterocycles. The standard InChI is InChI=1S/C32H27F5N2O3/c1-16-9-25(34)23(29(40)39-31-13-17(14-31)15-31)11-21(16)22-12-24-26(10-19(22)7-8-32(35,36)37)42-28(27(24)30(41)38-2)18-3-5-20(33)6-4-18/h3-6,9-12,17H,7-8,13-15H2,1-2H3,(H,38,41)(H,39,40). The van der Waals surface area contributed by atoms with Crippen molar-refractivity contribution in [1.29, 1.82) is 0 Å². The molecule has 42 heavy (non-hydrogen) atoms. The number of halogens is 5. The molecule has 2 bridgehead atoms. The minimum atomic E-state index is -4.45. The van der Waals surface area contributed by atoms with Crippen LogP contribution >= 0.6 is 0 Å². The first-order valence-corrected chi connectivity index (χ1v) is 13.6. The Morgan fingerprint density at radius 3 is 2.26 bits per heavy atom. The number of carbonyl (C=O) groups is 2. The van der Waals surface area contributed by atoms with Crippen molar-refractivity contribution in [3.05, 3.63) is 82.4 Å². The second kappa shape index (κ2) is 9.96. The fourth-order valence-corrected chi connectivity index (χ4v) is 6.15. The van der Waals surface area contributed by atoms with E-state index in [1.807, 2.05) is 0 Å². The maximum atomic E-state index is 15.1. The maximum Gasteiger partial charge on any atom is 0.389 e. The van der Waals surface area contributed by atoms with Crippen LogP contribution < -0.4 is 10.6 Å². The van der Waals surface area contributed by atoms with E-state index in [1.165, 1.54) is 49.5 Å². The third-order valence-electron chi connectivity index (χ3n) is 8.42. The highest BCUT2D eigenvalue weighted by molar-refractivity contribution is 6.12. The summed E-state index contributed by atoms with van der Waals surface area (Å²) in [5, 5.41) is 5.80. The van der Waals surface area contributed by atoms with Crippen molar-refractivity contribution in [3.8, 4) is 22.5 Å². The molecule has 3 saturated carbocycles. The second-order valence-corrected chi connectivity index (χ2v) is 11.4. The average molecular weight is 583 g/mol. The van der Waals surface area contributed by atoms with Crippen molar-refractivity contribution >= 4 is 22.8 Å². The molecule has 2 amide bonds. The normalized spacial score (nSPS) is 19.3. The quantitative estimate of drug-likeness (QED) is 0.222. The Morgan fingerprint density at radius 2 is 1.67 bits per heavy atom. The first-order chi connectivity index (χ1) is 19.9. The van der Waals surface area contributed by atoms with E-state index in [0.29, 0.717) is 33.6 Å². The lowest BCUT2D eigenvalue weighted by atomic mass is 9.50. The summed E-state index contributed by atoms with van der Waals surface area (Å²) in [7, 11) is 1.43. The predicted molar refractivity (Wildman–Crippen MR) is 147 cm³/mol. The van der Waals surface area contributed by atoms with E-state index in [9.17, 15) is 27.2 Å². The third kappa shape index (κ3) is 4.92. The van der Waals surface area contributed by atoms with Crippen molar-refractivity contribution in [2.45, 2.75) is 50.7 Å². The van der Waals surface area contributed by atoms with E-state index in [-0.39, 0.29) is 33.6 Å². The Balaban J connectivity index is 1.53. The number of carbonyl (C=O) groups excluding carboxylic acids is 2. The molecule has 218 valence electrons. The average Bonchev–Trinajstić information content (AvgIpc) is 3.26. The lowest BCUT2D eigenvalue weighted by Gasteiger charge is -2.61. The summed E-state index contributed by atoms with van der Waals surface area (Å²) in [5.41, 5.74) is 1.52. The first kappa shape index (κ1) is 27.9. The fraction of sp³-hybridized carbons (Fsp3) is 0.312. The molecule has 3 fully saturated rings. The van der Waals surface area contributed by atoms with Crippen molar-refractivity contribution in [2.75, 3.05) is 7.05 Å². The molecule has 0 atom stereocenters. The third-order valence-corrected chi connectivity index (χ3v) is 8.42. The van der Waals surface area contributed by atoms with E-state index < -0.39 is 42.5 Å². The predicted octanol–water partition coefficient (Wildman–Crippen LogP) is 7.49. The zero-order valence-electron chi connectivity index (χ0n) is 22.8. The van der Waals surface area contributed by atoms with Gasteiger partial charge in [0.05, 0.1) is 11.1 Å². The minimum Gasteiger partial charge on any atom is -0.455 e. The molecule has 0 saturated heterocycles. The van der Waals surface area contributed by atoms with Crippen molar-refractivity contribution in [3.63, 3.8) is 0 Å². The van der Waals surface area contributed by atoms with Gasteiger partial charge in [-0.3, -0.25) is 9.59 Å². The number of hydrogen-bond acceptors (Lipinski definition) is 3. The van der Waals surface area contributed by atoms with E-state index in [0.717, 1.165) is 19.3 Å². The van der Waals surface area contributed by atoms with Gasteiger partial charge in [0.25, 0.3) is 11.8 Å². The molecule has 7 rings (SSSR count). The number of fused-ring (bicyclic) bond motifs is 1. The molecule has 10 heteroatoms. The van der Waals surface area contributed by atoms with Gasteiger partial charge >= 0.3 is 6.18 Å². The molecule has 3 aromatic carbocycles. The van der Waals surface area contributed by atoms with Gasteiger partial charge in [0.2, 0.25) is 0 Å². The highest BCUT2D eigenvalue weighted by atomic mass is 19.4. The van der Waals surface area contributed by atoms with Crippen LogP contribution in [-0.4, -0.2) is 30.6 Å². The second-order valence-electron chi connectivity index (χ2n) is 11.4. The molecular weight excluding hydrogens is 555 g/mol. The molecule has 3 aliphatic carbocycles. The van der Waals surface area contributed by atoms with Gasteiger partial charge in [-0.15, -0.1) is 0 Å². The van der Waals surface area contributed by atoms with Gasteiger partial charge in [-0.1, -0.05) is 0 Å². The van der Waals surface area contributed by atoms with Gasteiger partial charge in [0.1, 0.15) is 23.0 Å². The molecule has 3 aliphatic rings. The topological polar surface area (TPSA) is 71.3 Å². The SMILES string of the molecule is CNC(=O)c1c(-c2ccc(F)cc2)oc2cc(CCC(F)(F)F)c(-c3cc(C(=O)NC45CC(C4)C5)c(F)cc3C)cc12. The van der Waals surface area contributed by atoms with Crippen LogP contribution in [0, 0.1) is 24.5 Å². The van der Waals surface area contributed by atoms with Crippen molar-refractivity contribution in [1.82, 2.24) is 10.6 Å². The van der Waals surface area contributed by atoms with Gasteiger partial charge in [-0.05, 0) is 109 Å². The number of aryl methyl sites for hydroxylation is 2. The Hall–Kier alpha value is -4.21. The van der Waals surface area contributed by atoms with Gasteiger partial charge in [0.15, 0.2) is 0 Å². The maximum absolute atomic E-state index is 15.1. The van der Waals surface area contributed by atoms with Crippen LogP contribution in [0.15, 0.2) is 52.9 Å². The zero-order chi connectivity index (χ0) is 30.0. The number of alkyl halides is 3. The highest BCUT2D eigenvalue weighted by Crippen LogP contribution is 2.57. The molecule has 0 unspecified atom stereocenters. The summed E-state index contributed by atoms with van der Waals surface area (Å²) in [6.07, 6.45) is -3.42. The van der Waals surface area contributed by atoms with E-state index in [1.54, 1.807) is 13.0 Å². The van der Waals surface area contributed by atoms with Crippen LogP contribution in [0.5, 0.6) is 0 Å². The summed E-state index contributed by atoms with van der Waals surface area (Å²) < 4.78 is 74.8. The largest absolute Gasteiger partial charge is 0.455 e. The molecule has 0 spiro atoms. The Labute approximate surface area is 238 Å². The van der Waals surface area contributed by atoms with Gasteiger partial charge in [0, 0.05) is 30.0 Å². The van der Waals surface area contributed by atoms with Crippen molar-refractivity contribution < 1.29 is 36.0 Å². The summed E-state index contributed by atoms with van der Waals surface area (Å²) in [4.78, 5) is 26.2. The van der Waals surface area contributed by atoms with Crippen LogP contribution in [0.4, 0.5) is 22.0 Å². The van der Waals surface area contributed by atoms with Gasteiger partial charge in [-0.25, -0.2) is 8.78 Å². The molecule has 4 aromatic rings. The highest BCUT2D eigenvalue weighted by Gasteiger charge is 2.57. The molecule has 0 radical (unpaired) electrons. The van der Waals surface area contributed by atoms with Crippen LogP contribution in [0.3, 0.4) is 0 Å². The Morgan fingerprint density at radius 1 is 0.976 bits per heavy atom. The van der Waals surface area contributed by atoms with Crippen LogP contribution in [0.25, 0.3) is 33.4 Å². The molecule has 1 aromatic heterocycles. The van der Waals surface area contributed by atoms with Gasteiger partial charge in [-0.2, -0.15) is 13.2 Å². The first-order valence-electron chi connectivity index (χ1n) is 13.6. The molecule has 5 nitrogen and oxygen atoms in total. The summed E-state index contributed by atoms with van der Waals surface area (Å²) >= 11 is 0. The Kier molecular flexibility index (Phi) is 6.62. The fourth-order valence-electron chi connectivity index (χ4n) is 6.15.